The monoisotopic (exact) mass is 294 g/mol. The van der Waals surface area contributed by atoms with E-state index in [1.807, 2.05) is 0 Å². The molecule has 0 spiro atoms. The zero-order valence-corrected chi connectivity index (χ0v) is 14.1. The molecule has 3 fully saturated rings. The second-order valence-electron chi connectivity index (χ2n) is 8.40. The lowest BCUT2D eigenvalue weighted by Gasteiger charge is -2.53. The highest BCUT2D eigenvalue weighted by molar-refractivity contribution is 5.01. The minimum Gasteiger partial charge on any atom is -0.375 e. The van der Waals surface area contributed by atoms with Crippen LogP contribution in [-0.2, 0) is 4.74 Å². The van der Waals surface area contributed by atoms with Gasteiger partial charge < -0.3 is 10.5 Å². The van der Waals surface area contributed by atoms with Crippen molar-refractivity contribution in [2.45, 2.75) is 89.3 Å². The summed E-state index contributed by atoms with van der Waals surface area (Å²) < 4.78 is 6.08. The molecular weight excluding hydrogens is 260 g/mol. The summed E-state index contributed by atoms with van der Waals surface area (Å²) in [6.07, 6.45) is 12.3. The van der Waals surface area contributed by atoms with Gasteiger partial charge in [-0.25, -0.2) is 0 Å². The summed E-state index contributed by atoms with van der Waals surface area (Å²) in [6, 6.07) is 0.636. The van der Waals surface area contributed by atoms with Crippen LogP contribution in [0.2, 0.25) is 0 Å². The van der Waals surface area contributed by atoms with Gasteiger partial charge in [0.05, 0.1) is 12.7 Å². The molecule has 3 aliphatic rings. The molecule has 0 aromatic heterocycles. The van der Waals surface area contributed by atoms with Crippen molar-refractivity contribution < 1.29 is 4.74 Å². The van der Waals surface area contributed by atoms with Gasteiger partial charge in [0.2, 0.25) is 0 Å². The van der Waals surface area contributed by atoms with Gasteiger partial charge in [0, 0.05) is 24.7 Å². The molecule has 0 bridgehead atoms. The van der Waals surface area contributed by atoms with E-state index in [1.54, 1.807) is 0 Å². The lowest BCUT2D eigenvalue weighted by Crippen LogP contribution is -2.64. The molecule has 0 radical (unpaired) electrons. The van der Waals surface area contributed by atoms with E-state index in [0.717, 1.165) is 19.7 Å². The molecule has 3 unspecified atom stereocenters. The summed E-state index contributed by atoms with van der Waals surface area (Å²) in [7, 11) is 0. The van der Waals surface area contributed by atoms with E-state index in [-0.39, 0.29) is 5.54 Å². The van der Waals surface area contributed by atoms with Crippen molar-refractivity contribution in [1.29, 1.82) is 0 Å². The minimum absolute atomic E-state index is 0.248. The van der Waals surface area contributed by atoms with Crippen LogP contribution in [0.25, 0.3) is 0 Å². The summed E-state index contributed by atoms with van der Waals surface area (Å²) >= 11 is 0. The van der Waals surface area contributed by atoms with E-state index in [1.165, 1.54) is 57.8 Å². The molecule has 0 aromatic rings. The average molecular weight is 294 g/mol. The normalized spacial score (nSPS) is 41.3. The van der Waals surface area contributed by atoms with Crippen molar-refractivity contribution in [2.24, 2.45) is 11.1 Å². The third kappa shape index (κ3) is 3.16. The fourth-order valence-electron chi connectivity index (χ4n) is 5.01. The highest BCUT2D eigenvalue weighted by Crippen LogP contribution is 2.43. The van der Waals surface area contributed by atoms with Gasteiger partial charge in [-0.2, -0.15) is 0 Å². The Morgan fingerprint density at radius 2 is 1.86 bits per heavy atom. The third-order valence-electron chi connectivity index (χ3n) is 6.48. The maximum absolute atomic E-state index is 6.37. The largest absolute Gasteiger partial charge is 0.375 e. The highest BCUT2D eigenvalue weighted by atomic mass is 16.5. The topological polar surface area (TPSA) is 38.5 Å². The Hall–Kier alpha value is -0.120. The average Bonchev–Trinajstić information content (AvgIpc) is 2.66. The van der Waals surface area contributed by atoms with Crippen molar-refractivity contribution in [2.75, 3.05) is 19.7 Å². The van der Waals surface area contributed by atoms with Gasteiger partial charge in [-0.05, 0) is 43.9 Å². The van der Waals surface area contributed by atoms with Gasteiger partial charge in [-0.3, -0.25) is 4.90 Å². The number of fused-ring (bicyclic) bond motifs is 1. The van der Waals surface area contributed by atoms with Crippen LogP contribution in [0.4, 0.5) is 0 Å². The molecule has 122 valence electrons. The lowest BCUT2D eigenvalue weighted by molar-refractivity contribution is -0.128. The first-order valence-electron chi connectivity index (χ1n) is 9.15. The van der Waals surface area contributed by atoms with Crippen LogP contribution in [0.1, 0.15) is 71.6 Å². The molecule has 0 aromatic carbocycles. The van der Waals surface area contributed by atoms with Crippen LogP contribution in [0.5, 0.6) is 0 Å². The maximum atomic E-state index is 6.37. The van der Waals surface area contributed by atoms with Crippen LogP contribution in [0.15, 0.2) is 0 Å². The van der Waals surface area contributed by atoms with E-state index < -0.39 is 0 Å². The number of hydrogen-bond acceptors (Lipinski definition) is 3. The minimum atomic E-state index is 0.248. The molecule has 1 heterocycles. The van der Waals surface area contributed by atoms with Crippen molar-refractivity contribution >= 4 is 0 Å². The van der Waals surface area contributed by atoms with E-state index in [9.17, 15) is 0 Å². The second kappa shape index (κ2) is 6.17. The lowest BCUT2D eigenvalue weighted by atomic mass is 9.80. The number of nitrogens with two attached hydrogens (primary N) is 1. The summed E-state index contributed by atoms with van der Waals surface area (Å²) in [5.41, 5.74) is 7.11. The predicted molar refractivity (Wildman–Crippen MR) is 87.4 cm³/mol. The molecular formula is C18H34N2O. The van der Waals surface area contributed by atoms with E-state index >= 15 is 0 Å². The smallest absolute Gasteiger partial charge is 0.0731 e. The standard InChI is InChI=1S/C18H34N2O/c1-17(2)8-5-9-18(14-19,11-10-17)20-12-13-21-16-7-4-3-6-15(16)20/h15-16H,3-14,19H2,1-2H3. The quantitative estimate of drug-likeness (QED) is 0.794. The molecule has 2 saturated carbocycles. The Morgan fingerprint density at radius 3 is 2.67 bits per heavy atom. The van der Waals surface area contributed by atoms with Gasteiger partial charge >= 0.3 is 0 Å². The molecule has 21 heavy (non-hydrogen) atoms. The third-order valence-corrected chi connectivity index (χ3v) is 6.48. The van der Waals surface area contributed by atoms with Crippen molar-refractivity contribution in [3.63, 3.8) is 0 Å². The Labute approximate surface area is 130 Å². The number of ether oxygens (including phenoxy) is 1. The number of rotatable bonds is 2. The Bertz CT molecular complexity index is 355. The summed E-state index contributed by atoms with van der Waals surface area (Å²) in [4.78, 5) is 2.81. The molecule has 0 amide bonds. The van der Waals surface area contributed by atoms with Gasteiger partial charge in [0.15, 0.2) is 0 Å². The van der Waals surface area contributed by atoms with Gasteiger partial charge in [0.1, 0.15) is 0 Å². The zero-order valence-electron chi connectivity index (χ0n) is 14.1. The first-order valence-corrected chi connectivity index (χ1v) is 9.15. The molecule has 1 saturated heterocycles. The fourth-order valence-corrected chi connectivity index (χ4v) is 5.01. The summed E-state index contributed by atoms with van der Waals surface area (Å²) in [5.74, 6) is 0. The van der Waals surface area contributed by atoms with Crippen LogP contribution in [-0.4, -0.2) is 42.3 Å². The van der Waals surface area contributed by atoms with Crippen molar-refractivity contribution in [3.8, 4) is 0 Å². The fraction of sp³-hybridized carbons (Fsp3) is 1.00. The molecule has 3 atom stereocenters. The van der Waals surface area contributed by atoms with E-state index in [4.69, 9.17) is 10.5 Å². The van der Waals surface area contributed by atoms with Crippen LogP contribution < -0.4 is 5.73 Å². The van der Waals surface area contributed by atoms with Gasteiger partial charge in [-0.15, -0.1) is 0 Å². The van der Waals surface area contributed by atoms with Crippen LogP contribution >= 0.6 is 0 Å². The van der Waals surface area contributed by atoms with E-state index in [2.05, 4.69) is 18.7 Å². The summed E-state index contributed by atoms with van der Waals surface area (Å²) in [6.45, 7) is 7.70. The molecule has 2 aliphatic carbocycles. The first-order chi connectivity index (χ1) is 10.1. The molecule has 2 N–H and O–H groups in total. The molecule has 3 nitrogen and oxygen atoms in total. The van der Waals surface area contributed by atoms with Crippen molar-refractivity contribution in [3.05, 3.63) is 0 Å². The van der Waals surface area contributed by atoms with Crippen molar-refractivity contribution in [1.82, 2.24) is 4.90 Å². The number of hydrogen-bond donors (Lipinski definition) is 1. The van der Waals surface area contributed by atoms with Crippen LogP contribution in [0.3, 0.4) is 0 Å². The second-order valence-corrected chi connectivity index (χ2v) is 8.40. The summed E-state index contributed by atoms with van der Waals surface area (Å²) in [5, 5.41) is 0. The number of morpholine rings is 1. The van der Waals surface area contributed by atoms with Crippen LogP contribution in [0, 0.1) is 5.41 Å². The molecule has 3 rings (SSSR count). The zero-order chi connectivity index (χ0) is 14.9. The first kappa shape index (κ1) is 15.8. The number of nitrogens with zero attached hydrogens (tertiary/aromatic N) is 1. The van der Waals surface area contributed by atoms with Gasteiger partial charge in [-0.1, -0.05) is 33.1 Å². The SMILES string of the molecule is CC1(C)CCCC(CN)(N2CCOC3CCCCC32)CC1. The highest BCUT2D eigenvalue weighted by Gasteiger charge is 2.46. The maximum Gasteiger partial charge on any atom is 0.0731 e. The Balaban J connectivity index is 1.80. The van der Waals surface area contributed by atoms with Gasteiger partial charge in [0.25, 0.3) is 0 Å². The predicted octanol–water partition coefficient (Wildman–Crippen LogP) is 3.32. The van der Waals surface area contributed by atoms with E-state index in [0.29, 0.717) is 17.6 Å². The molecule has 3 heteroatoms. The Kier molecular flexibility index (Phi) is 4.63. The Morgan fingerprint density at radius 1 is 1.05 bits per heavy atom. The molecule has 1 aliphatic heterocycles.